The minimum Gasteiger partial charge on any atom is -0.497 e. The summed E-state index contributed by atoms with van der Waals surface area (Å²) < 4.78 is 49.5. The van der Waals surface area contributed by atoms with Crippen molar-refractivity contribution in [2.45, 2.75) is 76.3 Å². The van der Waals surface area contributed by atoms with Crippen molar-refractivity contribution in [3.05, 3.63) is 144 Å². The van der Waals surface area contributed by atoms with Gasteiger partial charge in [-0.15, -0.1) is 0 Å². The fraction of sp³-hybridized carbons (Fsp3) is 0.354. The van der Waals surface area contributed by atoms with E-state index in [0.717, 1.165) is 16.7 Å². The summed E-state index contributed by atoms with van der Waals surface area (Å²) in [7, 11) is 3.10. The highest BCUT2D eigenvalue weighted by atomic mass is 31.2. The summed E-state index contributed by atoms with van der Waals surface area (Å²) >= 11 is 0. The largest absolute Gasteiger partial charge is 0.497 e. The molecule has 0 saturated carbocycles. The molecule has 1 amide bonds. The van der Waals surface area contributed by atoms with Crippen LogP contribution in [-0.2, 0) is 28.9 Å². The van der Waals surface area contributed by atoms with Gasteiger partial charge < -0.3 is 38.0 Å². The predicted molar refractivity (Wildman–Crippen MR) is 243 cm³/mol. The van der Waals surface area contributed by atoms with Crippen LogP contribution in [0.25, 0.3) is 11.2 Å². The molecule has 0 aliphatic carbocycles. The Balaban J connectivity index is 1.33. The minimum atomic E-state index is -1.77. The van der Waals surface area contributed by atoms with Crippen LogP contribution in [0.4, 0.5) is 5.82 Å². The van der Waals surface area contributed by atoms with Crippen molar-refractivity contribution in [3.8, 4) is 17.6 Å². The van der Waals surface area contributed by atoms with Gasteiger partial charge in [0.2, 0.25) is 0 Å². The van der Waals surface area contributed by atoms with Crippen LogP contribution >= 0.6 is 8.53 Å². The zero-order valence-corrected chi connectivity index (χ0v) is 37.9. The first kappa shape index (κ1) is 46.2. The molecule has 0 radical (unpaired) electrons. The third-order valence-corrected chi connectivity index (χ3v) is 13.1. The number of nitrogens with zero attached hydrogens (tertiary/aromatic N) is 6. The normalized spacial score (nSPS) is 18.1. The van der Waals surface area contributed by atoms with E-state index in [0.29, 0.717) is 28.2 Å². The average molecular weight is 888 g/mol. The predicted octanol–water partition coefficient (Wildman–Crippen LogP) is 8.68. The van der Waals surface area contributed by atoms with Crippen molar-refractivity contribution < 1.29 is 37.5 Å². The van der Waals surface area contributed by atoms with Crippen molar-refractivity contribution in [2.75, 3.05) is 39.9 Å². The zero-order chi connectivity index (χ0) is 45.2. The Labute approximate surface area is 375 Å². The summed E-state index contributed by atoms with van der Waals surface area (Å²) in [4.78, 5) is 26.9. The van der Waals surface area contributed by atoms with Crippen molar-refractivity contribution in [2.24, 2.45) is 0 Å². The maximum absolute atomic E-state index is 13.3. The number of amides is 1. The van der Waals surface area contributed by atoms with E-state index in [1.165, 1.54) is 6.33 Å². The van der Waals surface area contributed by atoms with Crippen molar-refractivity contribution in [1.29, 1.82) is 5.26 Å². The lowest BCUT2D eigenvalue weighted by molar-refractivity contribution is -0.0938. The molecule has 1 saturated heterocycles. The highest BCUT2D eigenvalue weighted by Crippen LogP contribution is 2.51. The lowest BCUT2D eigenvalue weighted by atomic mass is 9.80. The molecule has 16 heteroatoms. The summed E-state index contributed by atoms with van der Waals surface area (Å²) in [5.41, 5.74) is 2.61. The summed E-state index contributed by atoms with van der Waals surface area (Å²) in [6.45, 7) is 8.49. The highest BCUT2D eigenvalue weighted by molar-refractivity contribution is 7.44. The van der Waals surface area contributed by atoms with Gasteiger partial charge in [0.25, 0.3) is 14.4 Å². The van der Waals surface area contributed by atoms with Crippen LogP contribution in [0.1, 0.15) is 67.4 Å². The Morgan fingerprint density at radius 2 is 1.42 bits per heavy atom. The first-order valence-corrected chi connectivity index (χ1v) is 22.2. The molecule has 2 aromatic heterocycles. The Morgan fingerprint density at radius 1 is 0.828 bits per heavy atom. The second kappa shape index (κ2) is 21.2. The molecular formula is C48H54N7O8P. The Morgan fingerprint density at radius 3 is 1.98 bits per heavy atom. The average Bonchev–Trinajstić information content (AvgIpc) is 3.91. The molecule has 1 aliphatic rings. The second-order valence-electron chi connectivity index (χ2n) is 15.6. The van der Waals surface area contributed by atoms with Gasteiger partial charge in [0.15, 0.2) is 23.2 Å². The van der Waals surface area contributed by atoms with E-state index >= 15 is 0 Å². The number of ether oxygens (including phenoxy) is 5. The van der Waals surface area contributed by atoms with Gasteiger partial charge in [0.1, 0.15) is 41.7 Å². The topological polar surface area (TPSA) is 164 Å². The van der Waals surface area contributed by atoms with E-state index in [-0.39, 0.29) is 43.4 Å². The van der Waals surface area contributed by atoms with Gasteiger partial charge in [0, 0.05) is 24.8 Å². The first-order valence-electron chi connectivity index (χ1n) is 21.1. The number of methoxy groups -OCH3 is 3. The van der Waals surface area contributed by atoms with Gasteiger partial charge in [-0.2, -0.15) is 5.26 Å². The number of nitrogens with one attached hydrogen (secondary N) is 1. The van der Waals surface area contributed by atoms with E-state index in [1.54, 1.807) is 56.5 Å². The number of aromatic nitrogens is 4. The molecule has 1 aliphatic heterocycles. The Bertz CT molecular complexity index is 2410. The van der Waals surface area contributed by atoms with Gasteiger partial charge in [-0.1, -0.05) is 72.8 Å². The van der Waals surface area contributed by atoms with Crippen LogP contribution in [0, 0.1) is 11.3 Å². The van der Waals surface area contributed by atoms with Gasteiger partial charge in [-0.25, -0.2) is 19.6 Å². The fourth-order valence-electron chi connectivity index (χ4n) is 8.02. The number of carbonyl (C=O) groups is 1. The lowest BCUT2D eigenvalue weighted by Gasteiger charge is -2.39. The summed E-state index contributed by atoms with van der Waals surface area (Å²) in [6, 6.07) is 36.7. The molecule has 1 unspecified atom stereocenters. The smallest absolute Gasteiger partial charge is 0.259 e. The lowest BCUT2D eigenvalue weighted by Crippen LogP contribution is -2.42. The molecule has 3 heterocycles. The SMILES string of the molecule is COc1ccc(C(OC[C@H]2O[C@@H](n3cnc4c(NC(=O)c5ccccc5)ncnc43)[C@@H](OC)[C@H]2OP(OCCC#N)N(C(C)C)C(C)C)(c2ccccc2)c2ccc(OC)cc2)cc1. The Hall–Kier alpha value is -5.82. The highest BCUT2D eigenvalue weighted by Gasteiger charge is 2.51. The van der Waals surface area contributed by atoms with E-state index in [2.05, 4.69) is 58.7 Å². The molecule has 334 valence electrons. The van der Waals surface area contributed by atoms with Crippen molar-refractivity contribution >= 4 is 31.4 Å². The van der Waals surface area contributed by atoms with E-state index in [9.17, 15) is 10.1 Å². The minimum absolute atomic E-state index is 0.00129. The van der Waals surface area contributed by atoms with E-state index in [4.69, 9.17) is 32.7 Å². The van der Waals surface area contributed by atoms with Crippen LogP contribution < -0.4 is 14.8 Å². The summed E-state index contributed by atoms with van der Waals surface area (Å²) in [6.07, 6.45) is -0.0342. The van der Waals surface area contributed by atoms with Crippen LogP contribution in [0.5, 0.6) is 11.5 Å². The number of carbonyl (C=O) groups excluding carboxylic acids is 1. The summed E-state index contributed by atoms with van der Waals surface area (Å²) in [5, 5.41) is 12.4. The van der Waals surface area contributed by atoms with Gasteiger partial charge in [0.05, 0.1) is 46.3 Å². The maximum Gasteiger partial charge on any atom is 0.259 e. The molecule has 1 fully saturated rings. The number of imidazole rings is 1. The van der Waals surface area contributed by atoms with Crippen LogP contribution in [0.15, 0.2) is 122 Å². The third-order valence-electron chi connectivity index (χ3n) is 11.0. The van der Waals surface area contributed by atoms with Crippen molar-refractivity contribution in [1.82, 2.24) is 24.2 Å². The van der Waals surface area contributed by atoms with Gasteiger partial charge in [-0.05, 0) is 80.8 Å². The molecule has 0 bridgehead atoms. The third kappa shape index (κ3) is 9.79. The molecule has 4 aromatic carbocycles. The van der Waals surface area contributed by atoms with Crippen LogP contribution in [0.3, 0.4) is 0 Å². The second-order valence-corrected chi connectivity index (χ2v) is 17.0. The molecular weight excluding hydrogens is 834 g/mol. The number of anilines is 1. The number of fused-ring (bicyclic) bond motifs is 1. The standard InChI is InChI=1S/C48H54N7O8P/c1-32(2)55(33(3)4)64(61-28-14-27-49)63-42-40(62-47(43(42)59-7)54-31-52-41-44(50-30-51-45(41)54)53-46(56)34-15-10-8-11-16-34)29-60-48(35-17-12-9-13-18-35,36-19-23-38(57-5)24-20-36)37-21-25-39(58-6)26-22-37/h8-13,15-26,30-33,40,42-43,47H,14,28-29H2,1-7H3,(H,50,51,53,56)/t40-,42+,43+,47-,64?/m1/s1. The van der Waals surface area contributed by atoms with Crippen LogP contribution in [0.2, 0.25) is 0 Å². The monoisotopic (exact) mass is 887 g/mol. The zero-order valence-electron chi connectivity index (χ0n) is 37.0. The first-order chi connectivity index (χ1) is 31.1. The molecule has 0 spiro atoms. The fourth-order valence-corrected chi connectivity index (χ4v) is 9.79. The quantitative estimate of drug-likeness (QED) is 0.0440. The molecule has 15 nitrogen and oxygen atoms in total. The van der Waals surface area contributed by atoms with Gasteiger partial charge >= 0.3 is 0 Å². The summed E-state index contributed by atoms with van der Waals surface area (Å²) in [5.74, 6) is 1.29. The van der Waals surface area contributed by atoms with Crippen LogP contribution in [-0.4, -0.2) is 95.0 Å². The molecule has 64 heavy (non-hydrogen) atoms. The van der Waals surface area contributed by atoms with Crippen molar-refractivity contribution in [3.63, 3.8) is 0 Å². The number of hydrogen-bond acceptors (Lipinski definition) is 13. The maximum atomic E-state index is 13.3. The van der Waals surface area contributed by atoms with Gasteiger partial charge in [-0.3, -0.25) is 9.36 Å². The molecule has 1 N–H and O–H groups in total. The van der Waals surface area contributed by atoms with E-state index < -0.39 is 38.7 Å². The number of rotatable bonds is 20. The van der Waals surface area contributed by atoms with E-state index in [1.807, 2.05) is 84.9 Å². The number of benzene rings is 4. The molecule has 5 atom stereocenters. The number of hydrogen-bond donors (Lipinski definition) is 1. The molecule has 7 rings (SSSR count). The molecule has 6 aromatic rings. The number of nitriles is 1. The Kier molecular flexibility index (Phi) is 15.3.